The van der Waals surface area contributed by atoms with Crippen LogP contribution in [0.15, 0.2) is 18.2 Å². The molecule has 0 saturated heterocycles. The van der Waals surface area contributed by atoms with Crippen molar-refractivity contribution >= 4 is 34.9 Å². The molecule has 4 nitrogen and oxygen atoms in total. The summed E-state index contributed by atoms with van der Waals surface area (Å²) in [6.45, 7) is 1.53. The molecule has 1 aromatic rings. The Labute approximate surface area is 135 Å². The Bertz CT molecular complexity index is 491. The molecular formula is C15H20Cl2N2O2. The van der Waals surface area contributed by atoms with Crippen molar-refractivity contribution in [2.24, 2.45) is 11.8 Å². The number of rotatable bonds is 6. The molecule has 0 spiro atoms. The molecule has 6 heteroatoms. The average Bonchev–Trinajstić information content (AvgIpc) is 2.52. The van der Waals surface area contributed by atoms with E-state index in [1.807, 2.05) is 6.07 Å². The van der Waals surface area contributed by atoms with Gasteiger partial charge in [-0.05, 0) is 36.5 Å². The highest BCUT2D eigenvalue weighted by Gasteiger charge is 2.27. The van der Waals surface area contributed by atoms with Crippen molar-refractivity contribution in [3.8, 4) is 0 Å². The van der Waals surface area contributed by atoms with E-state index in [-0.39, 0.29) is 11.9 Å². The number of halogens is 2. The van der Waals surface area contributed by atoms with Crippen LogP contribution in [0.1, 0.15) is 17.5 Å². The summed E-state index contributed by atoms with van der Waals surface area (Å²) in [7, 11) is 0. The molecule has 2 N–H and O–H groups in total. The number of alkyl halides is 2. The molecule has 0 aromatic heterocycles. The minimum absolute atomic E-state index is 0.146. The lowest BCUT2D eigenvalue weighted by atomic mass is 9.83. The molecule has 0 bridgehead atoms. The van der Waals surface area contributed by atoms with Gasteiger partial charge in [-0.25, -0.2) is 0 Å². The fourth-order valence-corrected chi connectivity index (χ4v) is 3.35. The Morgan fingerprint density at radius 3 is 2.67 bits per heavy atom. The van der Waals surface area contributed by atoms with E-state index in [1.54, 1.807) is 0 Å². The second kappa shape index (κ2) is 7.87. The van der Waals surface area contributed by atoms with Gasteiger partial charge in [-0.3, -0.25) is 4.79 Å². The Kier molecular flexibility index (Phi) is 6.15. The topological polar surface area (TPSA) is 55.6 Å². The number of benzene rings is 1. The Morgan fingerprint density at radius 1 is 1.33 bits per heavy atom. The predicted molar refractivity (Wildman–Crippen MR) is 85.9 cm³/mol. The summed E-state index contributed by atoms with van der Waals surface area (Å²) in [6.07, 6.45) is 2.27. The third kappa shape index (κ3) is 3.82. The Balaban J connectivity index is 2.25. The van der Waals surface area contributed by atoms with E-state index in [9.17, 15) is 4.79 Å². The van der Waals surface area contributed by atoms with Gasteiger partial charge >= 0.3 is 5.97 Å². The van der Waals surface area contributed by atoms with Gasteiger partial charge in [-0.15, -0.1) is 23.2 Å². The van der Waals surface area contributed by atoms with Crippen LogP contribution in [0.25, 0.3) is 0 Å². The summed E-state index contributed by atoms with van der Waals surface area (Å²) >= 11 is 11.8. The SMILES string of the molecule is NOC(=O)C1CCc2c(cccc2N(CCCl)CCCl)C1. The van der Waals surface area contributed by atoms with E-state index in [1.165, 1.54) is 16.8 Å². The smallest absolute Gasteiger partial charge is 0.327 e. The van der Waals surface area contributed by atoms with Crippen LogP contribution in [-0.2, 0) is 22.5 Å². The second-order valence-corrected chi connectivity index (χ2v) is 5.91. The van der Waals surface area contributed by atoms with Crippen molar-refractivity contribution in [3.05, 3.63) is 29.3 Å². The Hall–Kier alpha value is -0.970. The number of carbonyl (C=O) groups is 1. The maximum Gasteiger partial charge on any atom is 0.327 e. The standard InChI is InChI=1S/C15H20Cl2N2O2/c16-6-8-19(9-7-17)14-3-1-2-11-10-12(15(20)21-18)4-5-13(11)14/h1-3,12H,4-10,18H2. The summed E-state index contributed by atoms with van der Waals surface area (Å²) < 4.78 is 0. The van der Waals surface area contributed by atoms with Crippen molar-refractivity contribution in [2.75, 3.05) is 29.7 Å². The molecule has 0 saturated carbocycles. The van der Waals surface area contributed by atoms with Crippen LogP contribution in [0.3, 0.4) is 0 Å². The third-order valence-corrected chi connectivity index (χ3v) is 4.29. The van der Waals surface area contributed by atoms with Gasteiger partial charge in [0.1, 0.15) is 0 Å². The van der Waals surface area contributed by atoms with Crippen molar-refractivity contribution in [1.82, 2.24) is 0 Å². The van der Waals surface area contributed by atoms with E-state index in [0.29, 0.717) is 18.2 Å². The number of hydrogen-bond donors (Lipinski definition) is 1. The largest absolute Gasteiger partial charge is 0.373 e. The number of anilines is 1. The summed E-state index contributed by atoms with van der Waals surface area (Å²) in [5.74, 6) is 5.63. The third-order valence-electron chi connectivity index (χ3n) is 3.96. The summed E-state index contributed by atoms with van der Waals surface area (Å²) in [5.41, 5.74) is 3.64. The molecule has 116 valence electrons. The molecule has 0 amide bonds. The molecule has 2 rings (SSSR count). The van der Waals surface area contributed by atoms with Gasteiger partial charge in [-0.2, -0.15) is 5.90 Å². The molecule has 1 aliphatic carbocycles. The molecule has 1 atom stereocenters. The zero-order valence-electron chi connectivity index (χ0n) is 11.9. The predicted octanol–water partition coefficient (Wildman–Crippen LogP) is 2.49. The van der Waals surface area contributed by atoms with Crippen molar-refractivity contribution in [2.45, 2.75) is 19.3 Å². The number of fused-ring (bicyclic) bond motifs is 1. The highest BCUT2D eigenvalue weighted by molar-refractivity contribution is 6.18. The fourth-order valence-electron chi connectivity index (χ4n) is 2.94. The van der Waals surface area contributed by atoms with Gasteiger partial charge in [0.05, 0.1) is 5.92 Å². The van der Waals surface area contributed by atoms with Crippen LogP contribution < -0.4 is 10.8 Å². The highest BCUT2D eigenvalue weighted by atomic mass is 35.5. The van der Waals surface area contributed by atoms with Crippen molar-refractivity contribution < 1.29 is 9.63 Å². The molecule has 1 aliphatic rings. The minimum Gasteiger partial charge on any atom is -0.373 e. The quantitative estimate of drug-likeness (QED) is 0.643. The number of nitrogens with zero attached hydrogens (tertiary/aromatic N) is 1. The first kappa shape index (κ1) is 16.4. The number of hydrogen-bond acceptors (Lipinski definition) is 4. The van der Waals surface area contributed by atoms with E-state index >= 15 is 0 Å². The molecular weight excluding hydrogens is 311 g/mol. The maximum atomic E-state index is 11.6. The average molecular weight is 331 g/mol. The van der Waals surface area contributed by atoms with Crippen LogP contribution in [0.2, 0.25) is 0 Å². The summed E-state index contributed by atoms with van der Waals surface area (Å²) in [4.78, 5) is 18.2. The lowest BCUT2D eigenvalue weighted by Crippen LogP contribution is -2.31. The van der Waals surface area contributed by atoms with Gasteiger partial charge in [-0.1, -0.05) is 12.1 Å². The normalized spacial score (nSPS) is 17.2. The van der Waals surface area contributed by atoms with Gasteiger partial charge in [0.15, 0.2) is 0 Å². The van der Waals surface area contributed by atoms with Gasteiger partial charge in [0.25, 0.3) is 0 Å². The first-order valence-corrected chi connectivity index (χ1v) is 8.16. The van der Waals surface area contributed by atoms with Gasteiger partial charge < -0.3 is 9.74 Å². The minimum atomic E-state index is -0.329. The second-order valence-electron chi connectivity index (χ2n) is 5.16. The van der Waals surface area contributed by atoms with Crippen molar-refractivity contribution in [1.29, 1.82) is 0 Å². The van der Waals surface area contributed by atoms with Crippen LogP contribution >= 0.6 is 23.2 Å². The van der Waals surface area contributed by atoms with Crippen LogP contribution in [0, 0.1) is 5.92 Å². The van der Waals surface area contributed by atoms with Crippen LogP contribution in [0.4, 0.5) is 5.69 Å². The van der Waals surface area contributed by atoms with E-state index < -0.39 is 0 Å². The Morgan fingerprint density at radius 2 is 2.05 bits per heavy atom. The maximum absolute atomic E-state index is 11.6. The van der Waals surface area contributed by atoms with Gasteiger partial charge in [0, 0.05) is 30.5 Å². The highest BCUT2D eigenvalue weighted by Crippen LogP contribution is 2.33. The zero-order chi connectivity index (χ0) is 15.2. The molecule has 0 radical (unpaired) electrons. The molecule has 0 aliphatic heterocycles. The number of nitrogens with two attached hydrogens (primary N) is 1. The van der Waals surface area contributed by atoms with Crippen LogP contribution in [0.5, 0.6) is 0 Å². The number of carbonyl (C=O) groups excluding carboxylic acids is 1. The summed E-state index contributed by atoms with van der Waals surface area (Å²) in [5, 5.41) is 0. The molecule has 1 aromatic carbocycles. The molecule has 21 heavy (non-hydrogen) atoms. The monoisotopic (exact) mass is 330 g/mol. The lowest BCUT2D eigenvalue weighted by Gasteiger charge is -2.30. The zero-order valence-corrected chi connectivity index (χ0v) is 13.4. The molecule has 0 fully saturated rings. The van der Waals surface area contributed by atoms with E-state index in [2.05, 4.69) is 21.9 Å². The van der Waals surface area contributed by atoms with Crippen molar-refractivity contribution in [3.63, 3.8) is 0 Å². The molecule has 1 unspecified atom stereocenters. The summed E-state index contributed by atoms with van der Waals surface area (Å²) in [6, 6.07) is 6.17. The first-order chi connectivity index (χ1) is 10.2. The van der Waals surface area contributed by atoms with E-state index in [0.717, 1.165) is 25.9 Å². The van der Waals surface area contributed by atoms with Gasteiger partial charge in [0.2, 0.25) is 0 Å². The van der Waals surface area contributed by atoms with E-state index in [4.69, 9.17) is 29.1 Å². The molecule has 0 heterocycles. The van der Waals surface area contributed by atoms with Crippen LogP contribution in [-0.4, -0.2) is 30.8 Å². The lowest BCUT2D eigenvalue weighted by molar-refractivity contribution is -0.149. The first-order valence-electron chi connectivity index (χ1n) is 7.09. The fraction of sp³-hybridized carbons (Fsp3) is 0.533.